The molecule has 1 unspecified atom stereocenters. The van der Waals surface area contributed by atoms with Crippen LogP contribution in [0, 0.1) is 0 Å². The molecule has 2 fully saturated rings. The van der Waals surface area contributed by atoms with Gasteiger partial charge in [-0.15, -0.1) is 0 Å². The summed E-state index contributed by atoms with van der Waals surface area (Å²) < 4.78 is 12.7. The molecule has 0 N–H and O–H groups in total. The number of hydrogen-bond donors (Lipinski definition) is 0. The van der Waals surface area contributed by atoms with E-state index in [2.05, 4.69) is 37.3 Å². The van der Waals surface area contributed by atoms with Crippen molar-refractivity contribution in [1.82, 2.24) is 0 Å². The van der Waals surface area contributed by atoms with E-state index in [-0.39, 0.29) is 5.60 Å². The lowest BCUT2D eigenvalue weighted by molar-refractivity contribution is -0.0193. The molecule has 1 atom stereocenters. The molecule has 2 aliphatic carbocycles. The lowest BCUT2D eigenvalue weighted by atomic mass is 9.78. The van der Waals surface area contributed by atoms with E-state index in [1.807, 2.05) is 0 Å². The maximum atomic E-state index is 6.46. The summed E-state index contributed by atoms with van der Waals surface area (Å²) >= 11 is 0. The minimum atomic E-state index is -0.898. The Kier molecular flexibility index (Phi) is 4.21. The molecule has 0 spiro atoms. The zero-order valence-corrected chi connectivity index (χ0v) is 12.6. The van der Waals surface area contributed by atoms with Crippen LogP contribution < -0.4 is 5.30 Å². The molecule has 104 valence electrons. The van der Waals surface area contributed by atoms with Gasteiger partial charge in [0.1, 0.15) is 0 Å². The van der Waals surface area contributed by atoms with E-state index in [1.165, 1.54) is 43.8 Å². The van der Waals surface area contributed by atoms with Gasteiger partial charge in [-0.25, -0.2) is 0 Å². The Morgan fingerprint density at radius 3 is 2.37 bits per heavy atom. The Morgan fingerprint density at radius 1 is 1.16 bits per heavy atom. The Balaban J connectivity index is 1.71. The lowest BCUT2D eigenvalue weighted by Crippen LogP contribution is -2.39. The van der Waals surface area contributed by atoms with Crippen LogP contribution >= 0.6 is 8.38 Å². The SMILES string of the molecule is CCC1(OP(OC2CCC2)c2ccccc2)CCC1. The summed E-state index contributed by atoms with van der Waals surface area (Å²) in [6.45, 7) is 2.24. The Bertz CT molecular complexity index is 393. The van der Waals surface area contributed by atoms with Gasteiger partial charge in [0.25, 0.3) is 0 Å². The van der Waals surface area contributed by atoms with Gasteiger partial charge in [-0.1, -0.05) is 25.1 Å². The van der Waals surface area contributed by atoms with Gasteiger partial charge in [0.2, 0.25) is 8.38 Å². The first-order valence-corrected chi connectivity index (χ1v) is 8.70. The van der Waals surface area contributed by atoms with Gasteiger partial charge in [0.05, 0.1) is 11.7 Å². The Morgan fingerprint density at radius 2 is 1.89 bits per heavy atom. The van der Waals surface area contributed by atoms with Gasteiger partial charge in [-0.05, 0) is 57.1 Å². The highest BCUT2D eigenvalue weighted by atomic mass is 31.2. The maximum Gasteiger partial charge on any atom is 0.205 e. The second-order valence-corrected chi connectivity index (χ2v) is 7.16. The van der Waals surface area contributed by atoms with Crippen LogP contribution in [0.5, 0.6) is 0 Å². The Labute approximate surface area is 117 Å². The van der Waals surface area contributed by atoms with Gasteiger partial charge in [0.15, 0.2) is 0 Å². The molecule has 0 bridgehead atoms. The molecular formula is C16H23O2P. The largest absolute Gasteiger partial charge is 0.327 e. The molecule has 1 aromatic carbocycles. The van der Waals surface area contributed by atoms with Gasteiger partial charge in [-0.3, -0.25) is 0 Å². The van der Waals surface area contributed by atoms with Crippen LogP contribution in [0.25, 0.3) is 0 Å². The topological polar surface area (TPSA) is 18.5 Å². The van der Waals surface area contributed by atoms with E-state index < -0.39 is 8.38 Å². The highest BCUT2D eigenvalue weighted by Gasteiger charge is 2.40. The van der Waals surface area contributed by atoms with E-state index in [0.29, 0.717) is 6.10 Å². The molecule has 19 heavy (non-hydrogen) atoms. The third-order valence-electron chi connectivity index (χ3n) is 4.45. The highest BCUT2D eigenvalue weighted by Crippen LogP contribution is 2.52. The van der Waals surface area contributed by atoms with Crippen molar-refractivity contribution >= 4 is 13.7 Å². The zero-order chi connectivity index (χ0) is 13.1. The summed E-state index contributed by atoms with van der Waals surface area (Å²) in [5.41, 5.74) is 0.102. The number of rotatable bonds is 6. The van der Waals surface area contributed by atoms with Crippen LogP contribution in [0.15, 0.2) is 30.3 Å². The van der Waals surface area contributed by atoms with Crippen LogP contribution in [-0.2, 0) is 9.05 Å². The summed E-state index contributed by atoms with van der Waals surface area (Å²) in [6, 6.07) is 10.5. The van der Waals surface area contributed by atoms with Crippen molar-refractivity contribution in [3.8, 4) is 0 Å². The summed E-state index contributed by atoms with van der Waals surface area (Å²) in [4.78, 5) is 0. The minimum Gasteiger partial charge on any atom is -0.327 e. The van der Waals surface area contributed by atoms with E-state index >= 15 is 0 Å². The second-order valence-electron chi connectivity index (χ2n) is 5.73. The first-order valence-electron chi connectivity index (χ1n) is 7.52. The smallest absolute Gasteiger partial charge is 0.205 e. The third-order valence-corrected chi connectivity index (χ3v) is 6.21. The average molecular weight is 278 g/mol. The quantitative estimate of drug-likeness (QED) is 0.711. The van der Waals surface area contributed by atoms with Crippen LogP contribution in [0.4, 0.5) is 0 Å². The molecule has 3 heteroatoms. The van der Waals surface area contributed by atoms with Crippen molar-refractivity contribution in [3.63, 3.8) is 0 Å². The van der Waals surface area contributed by atoms with Crippen molar-refractivity contribution in [1.29, 1.82) is 0 Å². The molecule has 0 radical (unpaired) electrons. The average Bonchev–Trinajstić information content (AvgIpc) is 2.36. The first kappa shape index (κ1) is 13.5. The lowest BCUT2D eigenvalue weighted by Gasteiger charge is -2.43. The summed E-state index contributed by atoms with van der Waals surface area (Å²) in [7, 11) is -0.898. The molecule has 3 rings (SSSR count). The molecule has 0 heterocycles. The molecule has 0 saturated heterocycles. The second kappa shape index (κ2) is 5.91. The van der Waals surface area contributed by atoms with Crippen LogP contribution in [0.1, 0.15) is 51.9 Å². The standard InChI is InChI=1S/C16H23O2P/c1-2-16(12-7-13-16)18-19(17-14-8-6-9-14)15-10-4-3-5-11-15/h3-5,10-11,14H,2,6-9,12-13H2,1H3. The molecule has 1 aromatic rings. The van der Waals surface area contributed by atoms with Crippen molar-refractivity contribution < 1.29 is 9.05 Å². The van der Waals surface area contributed by atoms with Crippen molar-refractivity contribution in [2.45, 2.75) is 63.6 Å². The normalized spacial score (nSPS) is 23.4. The summed E-state index contributed by atoms with van der Waals surface area (Å²) in [5.74, 6) is 0. The fraction of sp³-hybridized carbons (Fsp3) is 0.625. The number of benzene rings is 1. The molecule has 2 saturated carbocycles. The molecule has 0 aromatic heterocycles. The van der Waals surface area contributed by atoms with Gasteiger partial charge < -0.3 is 9.05 Å². The third kappa shape index (κ3) is 3.02. The zero-order valence-electron chi connectivity index (χ0n) is 11.7. The predicted molar refractivity (Wildman–Crippen MR) is 79.7 cm³/mol. The maximum absolute atomic E-state index is 6.46. The molecule has 0 amide bonds. The fourth-order valence-electron chi connectivity index (χ4n) is 2.55. The molecule has 2 nitrogen and oxygen atoms in total. The van der Waals surface area contributed by atoms with E-state index in [4.69, 9.17) is 9.05 Å². The van der Waals surface area contributed by atoms with Gasteiger partial charge in [-0.2, -0.15) is 0 Å². The molecule has 2 aliphatic rings. The van der Waals surface area contributed by atoms with Crippen molar-refractivity contribution in [3.05, 3.63) is 30.3 Å². The Hall–Kier alpha value is -0.430. The van der Waals surface area contributed by atoms with Gasteiger partial charge >= 0.3 is 0 Å². The number of hydrogen-bond acceptors (Lipinski definition) is 2. The predicted octanol–water partition coefficient (Wildman–Crippen LogP) is 4.54. The van der Waals surface area contributed by atoms with Crippen LogP contribution in [-0.4, -0.2) is 11.7 Å². The molecule has 0 aliphatic heterocycles. The monoisotopic (exact) mass is 278 g/mol. The summed E-state index contributed by atoms with van der Waals surface area (Å²) in [6.07, 6.45) is 8.94. The summed E-state index contributed by atoms with van der Waals surface area (Å²) in [5, 5.41) is 1.23. The van der Waals surface area contributed by atoms with Gasteiger partial charge in [0, 0.05) is 5.30 Å². The first-order chi connectivity index (χ1) is 9.31. The van der Waals surface area contributed by atoms with E-state index in [0.717, 1.165) is 6.42 Å². The van der Waals surface area contributed by atoms with Crippen LogP contribution in [0.2, 0.25) is 0 Å². The van der Waals surface area contributed by atoms with Crippen molar-refractivity contribution in [2.75, 3.05) is 0 Å². The fourth-order valence-corrected chi connectivity index (χ4v) is 4.38. The minimum absolute atomic E-state index is 0.102. The van der Waals surface area contributed by atoms with Crippen molar-refractivity contribution in [2.24, 2.45) is 0 Å². The molecular weight excluding hydrogens is 255 g/mol. The highest BCUT2D eigenvalue weighted by molar-refractivity contribution is 7.56. The van der Waals surface area contributed by atoms with E-state index in [1.54, 1.807) is 0 Å². The van der Waals surface area contributed by atoms with E-state index in [9.17, 15) is 0 Å². The van der Waals surface area contributed by atoms with Crippen LogP contribution in [0.3, 0.4) is 0 Å².